The Labute approximate surface area is 102 Å². The summed E-state index contributed by atoms with van der Waals surface area (Å²) >= 11 is 0. The Morgan fingerprint density at radius 2 is 2.06 bits per heavy atom. The monoisotopic (exact) mass is 236 g/mol. The number of nitrogens with two attached hydrogens (primary N) is 1. The van der Waals surface area contributed by atoms with Crippen LogP contribution < -0.4 is 16.0 Å². The van der Waals surface area contributed by atoms with Gasteiger partial charge in [-0.1, -0.05) is 20.8 Å². The lowest BCUT2D eigenvalue weighted by atomic mass is 9.95. The maximum absolute atomic E-state index is 5.78. The van der Waals surface area contributed by atoms with Crippen LogP contribution in [0.4, 0.5) is 5.82 Å². The quantitative estimate of drug-likeness (QED) is 0.620. The normalized spacial score (nSPS) is 16.5. The first-order chi connectivity index (χ1) is 7.99. The summed E-state index contributed by atoms with van der Waals surface area (Å²) < 4.78 is 5.78. The smallest absolute Gasteiger partial charge is 0.219 e. The van der Waals surface area contributed by atoms with Gasteiger partial charge in [-0.3, -0.25) is 0 Å². The minimum atomic E-state index is -0.120. The molecular formula is C12H20N4O. The fourth-order valence-electron chi connectivity index (χ4n) is 1.55. The van der Waals surface area contributed by atoms with E-state index >= 15 is 0 Å². The van der Waals surface area contributed by atoms with Crippen LogP contribution in [0, 0.1) is 0 Å². The molecule has 0 aromatic carbocycles. The Balaban J connectivity index is 2.24. The third kappa shape index (κ3) is 2.85. The molecule has 0 amide bonds. The Hall–Kier alpha value is -1.36. The molecule has 0 radical (unpaired) electrons. The van der Waals surface area contributed by atoms with Gasteiger partial charge in [0.25, 0.3) is 0 Å². The minimum Gasteiger partial charge on any atom is -0.474 e. The molecule has 0 spiro atoms. The Morgan fingerprint density at radius 3 is 2.53 bits per heavy atom. The van der Waals surface area contributed by atoms with E-state index in [9.17, 15) is 0 Å². The Morgan fingerprint density at radius 1 is 1.35 bits per heavy atom. The molecule has 5 heteroatoms. The van der Waals surface area contributed by atoms with E-state index in [-0.39, 0.29) is 5.41 Å². The number of hydrogen-bond donors (Lipinski definition) is 2. The van der Waals surface area contributed by atoms with E-state index in [0.717, 1.165) is 18.7 Å². The van der Waals surface area contributed by atoms with Gasteiger partial charge in [-0.15, -0.1) is 0 Å². The van der Waals surface area contributed by atoms with Gasteiger partial charge in [0.2, 0.25) is 5.88 Å². The van der Waals surface area contributed by atoms with E-state index in [1.807, 2.05) is 0 Å². The summed E-state index contributed by atoms with van der Waals surface area (Å²) in [5.41, 5.74) is 2.44. The molecular weight excluding hydrogens is 216 g/mol. The lowest BCUT2D eigenvalue weighted by Crippen LogP contribution is -2.26. The fraction of sp³-hybridized carbons (Fsp3) is 0.667. The van der Waals surface area contributed by atoms with E-state index in [0.29, 0.717) is 17.8 Å². The number of anilines is 1. The number of hydrazine groups is 1. The standard InChI is InChI=1S/C12H20N4O/c1-12(2,3)11-14-9(16-13)7-10(15-11)17-8-5-4-6-8/h7-8H,4-6,13H2,1-3H3,(H,14,15,16). The molecule has 3 N–H and O–H groups in total. The fourth-order valence-corrected chi connectivity index (χ4v) is 1.55. The number of nitrogen functional groups attached to an aromatic ring is 1. The van der Waals surface area contributed by atoms with Crippen LogP contribution in [0.25, 0.3) is 0 Å². The maximum Gasteiger partial charge on any atom is 0.219 e. The molecule has 0 bridgehead atoms. The minimum absolute atomic E-state index is 0.120. The molecule has 0 unspecified atom stereocenters. The van der Waals surface area contributed by atoms with Crippen molar-refractivity contribution in [1.82, 2.24) is 9.97 Å². The highest BCUT2D eigenvalue weighted by molar-refractivity contribution is 5.38. The molecule has 1 aliphatic carbocycles. The molecule has 0 aliphatic heterocycles. The summed E-state index contributed by atoms with van der Waals surface area (Å²) in [4.78, 5) is 8.79. The molecule has 1 aromatic heterocycles. The summed E-state index contributed by atoms with van der Waals surface area (Å²) in [6.45, 7) is 6.20. The summed E-state index contributed by atoms with van der Waals surface area (Å²) in [7, 11) is 0. The van der Waals surface area contributed by atoms with Crippen molar-refractivity contribution in [2.45, 2.75) is 51.6 Å². The Bertz CT molecular complexity index is 396. The summed E-state index contributed by atoms with van der Waals surface area (Å²) in [5.74, 6) is 7.36. The first-order valence-electron chi connectivity index (χ1n) is 6.02. The van der Waals surface area contributed by atoms with Gasteiger partial charge in [0.15, 0.2) is 0 Å². The van der Waals surface area contributed by atoms with Gasteiger partial charge in [-0.05, 0) is 19.3 Å². The Kier molecular flexibility index (Phi) is 3.19. The van der Waals surface area contributed by atoms with Crippen LogP contribution >= 0.6 is 0 Å². The van der Waals surface area contributed by atoms with Crippen molar-refractivity contribution in [3.63, 3.8) is 0 Å². The molecule has 1 aromatic rings. The van der Waals surface area contributed by atoms with E-state index in [4.69, 9.17) is 10.6 Å². The van der Waals surface area contributed by atoms with Crippen LogP contribution in [-0.4, -0.2) is 16.1 Å². The average Bonchev–Trinajstić information content (AvgIpc) is 2.22. The molecule has 0 atom stereocenters. The van der Waals surface area contributed by atoms with E-state index in [1.165, 1.54) is 6.42 Å². The van der Waals surface area contributed by atoms with Gasteiger partial charge in [-0.2, -0.15) is 4.98 Å². The van der Waals surface area contributed by atoms with Crippen LogP contribution in [0.3, 0.4) is 0 Å². The zero-order chi connectivity index (χ0) is 12.5. The first kappa shape index (κ1) is 12.1. The van der Waals surface area contributed by atoms with Gasteiger partial charge in [0.05, 0.1) is 0 Å². The van der Waals surface area contributed by atoms with Crippen molar-refractivity contribution >= 4 is 5.82 Å². The zero-order valence-electron chi connectivity index (χ0n) is 10.7. The van der Waals surface area contributed by atoms with Crippen molar-refractivity contribution in [3.05, 3.63) is 11.9 Å². The highest BCUT2D eigenvalue weighted by Gasteiger charge is 2.23. The molecule has 0 saturated heterocycles. The number of hydrogen-bond acceptors (Lipinski definition) is 5. The molecule has 94 valence electrons. The van der Waals surface area contributed by atoms with Crippen LogP contribution in [0.15, 0.2) is 6.07 Å². The summed E-state index contributed by atoms with van der Waals surface area (Å²) in [6, 6.07) is 1.74. The second kappa shape index (κ2) is 4.49. The second-order valence-corrected chi connectivity index (χ2v) is 5.48. The third-order valence-electron chi connectivity index (χ3n) is 2.86. The molecule has 1 heterocycles. The van der Waals surface area contributed by atoms with Crippen molar-refractivity contribution in [2.75, 3.05) is 5.43 Å². The van der Waals surface area contributed by atoms with E-state index < -0.39 is 0 Å². The van der Waals surface area contributed by atoms with Crippen molar-refractivity contribution in [2.24, 2.45) is 5.84 Å². The van der Waals surface area contributed by atoms with Gasteiger partial charge in [0, 0.05) is 11.5 Å². The summed E-state index contributed by atoms with van der Waals surface area (Å²) in [5, 5.41) is 0. The number of rotatable bonds is 3. The molecule has 1 saturated carbocycles. The predicted molar refractivity (Wildman–Crippen MR) is 66.8 cm³/mol. The third-order valence-corrected chi connectivity index (χ3v) is 2.86. The highest BCUT2D eigenvalue weighted by Crippen LogP contribution is 2.27. The summed E-state index contributed by atoms with van der Waals surface area (Å²) in [6.07, 6.45) is 3.77. The molecule has 1 fully saturated rings. The number of ether oxygens (including phenoxy) is 1. The van der Waals surface area contributed by atoms with Gasteiger partial charge in [0.1, 0.15) is 17.7 Å². The van der Waals surface area contributed by atoms with Crippen LogP contribution in [0.5, 0.6) is 5.88 Å². The van der Waals surface area contributed by atoms with Gasteiger partial charge < -0.3 is 10.2 Å². The van der Waals surface area contributed by atoms with Crippen LogP contribution in [-0.2, 0) is 5.41 Å². The van der Waals surface area contributed by atoms with Crippen LogP contribution in [0.1, 0.15) is 45.9 Å². The van der Waals surface area contributed by atoms with Crippen LogP contribution in [0.2, 0.25) is 0 Å². The van der Waals surface area contributed by atoms with Gasteiger partial charge in [-0.25, -0.2) is 10.8 Å². The van der Waals surface area contributed by atoms with E-state index in [2.05, 4.69) is 36.2 Å². The first-order valence-corrected chi connectivity index (χ1v) is 6.02. The lowest BCUT2D eigenvalue weighted by Gasteiger charge is -2.26. The zero-order valence-corrected chi connectivity index (χ0v) is 10.7. The number of nitrogens with zero attached hydrogens (tertiary/aromatic N) is 2. The van der Waals surface area contributed by atoms with Crippen molar-refractivity contribution in [3.8, 4) is 5.88 Å². The number of nitrogens with one attached hydrogen (secondary N) is 1. The van der Waals surface area contributed by atoms with Crippen molar-refractivity contribution < 1.29 is 4.74 Å². The van der Waals surface area contributed by atoms with Crippen molar-refractivity contribution in [1.29, 1.82) is 0 Å². The molecule has 2 rings (SSSR count). The molecule has 5 nitrogen and oxygen atoms in total. The lowest BCUT2D eigenvalue weighted by molar-refractivity contribution is 0.114. The average molecular weight is 236 g/mol. The largest absolute Gasteiger partial charge is 0.474 e. The second-order valence-electron chi connectivity index (χ2n) is 5.48. The topological polar surface area (TPSA) is 73.1 Å². The van der Waals surface area contributed by atoms with E-state index in [1.54, 1.807) is 6.07 Å². The number of aromatic nitrogens is 2. The molecule has 1 aliphatic rings. The SMILES string of the molecule is CC(C)(C)c1nc(NN)cc(OC2CCC2)n1. The maximum atomic E-state index is 5.78. The predicted octanol–water partition coefficient (Wildman–Crippen LogP) is 1.99. The highest BCUT2D eigenvalue weighted by atomic mass is 16.5. The molecule has 17 heavy (non-hydrogen) atoms. The van der Waals surface area contributed by atoms with Gasteiger partial charge >= 0.3 is 0 Å².